The fourth-order valence-corrected chi connectivity index (χ4v) is 4.26. The zero-order chi connectivity index (χ0) is 18.3. The summed E-state index contributed by atoms with van der Waals surface area (Å²) in [6.07, 6.45) is 0. The number of carbonyl (C=O) groups excluding carboxylic acids is 2. The van der Waals surface area contributed by atoms with Crippen LogP contribution in [0.3, 0.4) is 0 Å². The third-order valence-corrected chi connectivity index (χ3v) is 5.66. The summed E-state index contributed by atoms with van der Waals surface area (Å²) in [6, 6.07) is 5.41. The number of thiazole rings is 1. The lowest BCUT2D eigenvalue weighted by Gasteiger charge is -2.44. The largest absolute Gasteiger partial charge is 0.343 e. The van der Waals surface area contributed by atoms with Gasteiger partial charge in [0.25, 0.3) is 0 Å². The molecule has 4 rings (SSSR count). The Morgan fingerprint density at radius 3 is 2.81 bits per heavy atom. The number of carbonyl (C=O) groups is 2. The third-order valence-electron chi connectivity index (χ3n) is 4.83. The number of hydrogen-bond acceptors (Lipinski definition) is 5. The molecule has 0 radical (unpaired) electrons. The maximum Gasteiger partial charge on any atom is 0.245 e. The number of hydrogen-bond donors (Lipinski definition) is 1. The first-order valence-corrected chi connectivity index (χ1v) is 9.43. The van der Waals surface area contributed by atoms with Crippen molar-refractivity contribution in [2.24, 2.45) is 0 Å². The Bertz CT molecular complexity index is 838. The van der Waals surface area contributed by atoms with Crippen LogP contribution in [0.2, 0.25) is 0 Å². The summed E-state index contributed by atoms with van der Waals surface area (Å²) in [4.78, 5) is 32.9. The fourth-order valence-electron chi connectivity index (χ4n) is 3.42. The van der Waals surface area contributed by atoms with Crippen LogP contribution in [0.25, 0.3) is 11.3 Å². The molecule has 2 aliphatic heterocycles. The molecule has 3 heterocycles. The van der Waals surface area contributed by atoms with Gasteiger partial charge in [0.05, 0.1) is 12.2 Å². The van der Waals surface area contributed by atoms with E-state index < -0.39 is 12.1 Å². The van der Waals surface area contributed by atoms with Crippen LogP contribution in [-0.2, 0) is 16.1 Å². The average Bonchev–Trinajstić information content (AvgIpc) is 3.09. The molecule has 0 spiro atoms. The Morgan fingerprint density at radius 2 is 2.04 bits per heavy atom. The molecule has 0 aliphatic carbocycles. The minimum absolute atomic E-state index is 0.0119. The monoisotopic (exact) mass is 374 g/mol. The van der Waals surface area contributed by atoms with Gasteiger partial charge in [0, 0.05) is 30.6 Å². The molecule has 2 aliphatic rings. The Morgan fingerprint density at radius 1 is 1.27 bits per heavy atom. The lowest BCUT2D eigenvalue weighted by molar-refractivity contribution is -0.152. The first kappa shape index (κ1) is 17.1. The Hall–Kier alpha value is -2.32. The zero-order valence-corrected chi connectivity index (χ0v) is 15.1. The van der Waals surface area contributed by atoms with Gasteiger partial charge in [-0.05, 0) is 31.2 Å². The van der Waals surface area contributed by atoms with E-state index in [4.69, 9.17) is 0 Å². The summed E-state index contributed by atoms with van der Waals surface area (Å²) in [5.74, 6) is -0.369. The van der Waals surface area contributed by atoms with Gasteiger partial charge in [0.1, 0.15) is 22.9 Å². The molecule has 2 amide bonds. The van der Waals surface area contributed by atoms with Gasteiger partial charge in [-0.2, -0.15) is 0 Å². The van der Waals surface area contributed by atoms with E-state index in [-0.39, 0.29) is 17.6 Å². The number of nitrogens with zero attached hydrogens (tertiary/aromatic N) is 3. The molecule has 6 nitrogen and oxygen atoms in total. The van der Waals surface area contributed by atoms with E-state index >= 15 is 0 Å². The highest BCUT2D eigenvalue weighted by Crippen LogP contribution is 2.24. The maximum absolute atomic E-state index is 13.1. The van der Waals surface area contributed by atoms with Crippen LogP contribution >= 0.6 is 11.3 Å². The normalized spacial score (nSPS) is 23.7. The number of nitrogens with one attached hydrogen (secondary N) is 1. The number of halogens is 1. The van der Waals surface area contributed by atoms with E-state index in [9.17, 15) is 14.0 Å². The highest BCUT2D eigenvalue weighted by atomic mass is 32.1. The lowest BCUT2D eigenvalue weighted by Crippen LogP contribution is -2.68. The van der Waals surface area contributed by atoms with Crippen LogP contribution in [-0.4, -0.2) is 58.3 Å². The van der Waals surface area contributed by atoms with Crippen LogP contribution in [0.5, 0.6) is 0 Å². The molecule has 26 heavy (non-hydrogen) atoms. The summed E-state index contributed by atoms with van der Waals surface area (Å²) in [7, 11) is 0. The summed E-state index contributed by atoms with van der Waals surface area (Å²) in [6.45, 7) is 4.13. The van der Waals surface area contributed by atoms with Crippen molar-refractivity contribution >= 4 is 23.2 Å². The molecule has 1 aromatic heterocycles. The topological polar surface area (TPSA) is 65.5 Å². The molecule has 2 atom stereocenters. The summed E-state index contributed by atoms with van der Waals surface area (Å²) < 4.78 is 13.1. The predicted octanol–water partition coefficient (Wildman–Crippen LogP) is 1.48. The van der Waals surface area contributed by atoms with E-state index in [1.54, 1.807) is 35.3 Å². The molecule has 0 saturated carbocycles. The van der Waals surface area contributed by atoms with Crippen molar-refractivity contribution < 1.29 is 14.0 Å². The maximum atomic E-state index is 13.1. The van der Waals surface area contributed by atoms with Gasteiger partial charge in [-0.1, -0.05) is 0 Å². The van der Waals surface area contributed by atoms with Gasteiger partial charge in [-0.25, -0.2) is 9.37 Å². The van der Waals surface area contributed by atoms with E-state index in [2.05, 4.69) is 15.2 Å². The molecule has 1 N–H and O–H groups in total. The lowest BCUT2D eigenvalue weighted by atomic mass is 10.1. The van der Waals surface area contributed by atoms with Gasteiger partial charge in [-0.3, -0.25) is 14.5 Å². The summed E-state index contributed by atoms with van der Waals surface area (Å²) >= 11 is 1.55. The van der Waals surface area contributed by atoms with E-state index in [1.807, 2.05) is 5.38 Å². The molecular formula is C18H19FN4O2S. The number of amides is 2. The minimum atomic E-state index is -0.442. The van der Waals surface area contributed by atoms with Gasteiger partial charge < -0.3 is 10.2 Å². The van der Waals surface area contributed by atoms with E-state index in [0.717, 1.165) is 16.3 Å². The SMILES string of the molecule is C[C@H]1NC(=O)[C@H]2CN(Cc3nc(-c4ccc(F)cc4)cs3)CCN2C1=O. The molecular weight excluding hydrogens is 355 g/mol. The van der Waals surface area contributed by atoms with Crippen molar-refractivity contribution in [3.63, 3.8) is 0 Å². The van der Waals surface area contributed by atoms with Gasteiger partial charge >= 0.3 is 0 Å². The van der Waals surface area contributed by atoms with E-state index in [0.29, 0.717) is 26.2 Å². The second-order valence-electron chi connectivity index (χ2n) is 6.65. The molecule has 2 fully saturated rings. The van der Waals surface area contributed by atoms with Gasteiger partial charge in [-0.15, -0.1) is 11.3 Å². The fraction of sp³-hybridized carbons (Fsp3) is 0.389. The Balaban J connectivity index is 1.43. The average molecular weight is 374 g/mol. The summed E-state index contributed by atoms with van der Waals surface area (Å²) in [5.41, 5.74) is 1.70. The molecule has 2 aromatic rings. The molecule has 1 aromatic carbocycles. The van der Waals surface area contributed by atoms with Crippen LogP contribution in [0.4, 0.5) is 4.39 Å². The van der Waals surface area contributed by atoms with Gasteiger partial charge in [0.15, 0.2) is 0 Å². The minimum Gasteiger partial charge on any atom is -0.343 e. The molecule has 136 valence electrons. The highest BCUT2D eigenvalue weighted by Gasteiger charge is 2.41. The van der Waals surface area contributed by atoms with Gasteiger partial charge in [0.2, 0.25) is 11.8 Å². The molecule has 0 bridgehead atoms. The number of aromatic nitrogens is 1. The second-order valence-corrected chi connectivity index (χ2v) is 7.59. The van der Waals surface area contributed by atoms with Crippen molar-refractivity contribution in [3.8, 4) is 11.3 Å². The van der Waals surface area contributed by atoms with Crippen molar-refractivity contribution in [1.82, 2.24) is 20.1 Å². The molecule has 8 heteroatoms. The van der Waals surface area contributed by atoms with Crippen molar-refractivity contribution in [2.45, 2.75) is 25.6 Å². The number of piperazine rings is 2. The Kier molecular flexibility index (Phi) is 4.46. The smallest absolute Gasteiger partial charge is 0.245 e. The van der Waals surface area contributed by atoms with Crippen LogP contribution in [0.1, 0.15) is 11.9 Å². The molecule has 0 unspecified atom stereocenters. The van der Waals surface area contributed by atoms with Crippen molar-refractivity contribution in [1.29, 1.82) is 0 Å². The first-order chi connectivity index (χ1) is 12.5. The third kappa shape index (κ3) is 3.22. The Labute approximate surface area is 154 Å². The van der Waals surface area contributed by atoms with Crippen molar-refractivity contribution in [3.05, 3.63) is 40.5 Å². The molecule has 2 saturated heterocycles. The van der Waals surface area contributed by atoms with E-state index in [1.165, 1.54) is 12.1 Å². The second kappa shape index (κ2) is 6.77. The zero-order valence-electron chi connectivity index (χ0n) is 14.3. The van der Waals surface area contributed by atoms with Crippen LogP contribution in [0.15, 0.2) is 29.6 Å². The first-order valence-electron chi connectivity index (χ1n) is 8.55. The highest BCUT2D eigenvalue weighted by molar-refractivity contribution is 7.09. The number of fused-ring (bicyclic) bond motifs is 1. The predicted molar refractivity (Wildman–Crippen MR) is 95.9 cm³/mol. The number of benzene rings is 1. The quantitative estimate of drug-likeness (QED) is 0.884. The number of rotatable bonds is 3. The van der Waals surface area contributed by atoms with Crippen molar-refractivity contribution in [2.75, 3.05) is 19.6 Å². The summed E-state index contributed by atoms with van der Waals surface area (Å²) in [5, 5.41) is 5.64. The van der Waals surface area contributed by atoms with Crippen LogP contribution in [0, 0.1) is 5.82 Å². The standard InChI is InChI=1S/C18H19FN4O2S/c1-11-18(25)23-7-6-22(8-15(23)17(24)20-11)9-16-21-14(10-26-16)12-2-4-13(19)5-3-12/h2-5,10-11,15H,6-9H2,1H3,(H,20,24)/t11-,15-/m1/s1. The van der Waals surface area contributed by atoms with Crippen LogP contribution < -0.4 is 5.32 Å².